The molecular weight excluding hydrogens is 276 g/mol. The first-order chi connectivity index (χ1) is 10.7. The Labute approximate surface area is 131 Å². The van der Waals surface area contributed by atoms with Gasteiger partial charge in [0.05, 0.1) is 0 Å². The van der Waals surface area contributed by atoms with Crippen molar-refractivity contribution in [2.75, 3.05) is 18.5 Å². The van der Waals surface area contributed by atoms with Crippen LogP contribution in [0.3, 0.4) is 0 Å². The van der Waals surface area contributed by atoms with Gasteiger partial charge in [-0.05, 0) is 43.2 Å². The van der Waals surface area contributed by atoms with Crippen LogP contribution in [-0.4, -0.2) is 24.2 Å². The Kier molecular flexibility index (Phi) is 5.98. The summed E-state index contributed by atoms with van der Waals surface area (Å²) in [5.41, 5.74) is 4.08. The largest absolute Gasteiger partial charge is 0.396 e. The van der Waals surface area contributed by atoms with Gasteiger partial charge in [0.2, 0.25) is 0 Å². The monoisotopic (exact) mass is 298 g/mol. The fourth-order valence-corrected chi connectivity index (χ4v) is 2.15. The van der Waals surface area contributed by atoms with Crippen LogP contribution >= 0.6 is 0 Å². The third-order valence-electron chi connectivity index (χ3n) is 3.35. The maximum atomic E-state index is 11.8. The average molecular weight is 298 g/mol. The van der Waals surface area contributed by atoms with Gasteiger partial charge in [0.1, 0.15) is 0 Å². The molecule has 0 aromatic heterocycles. The SMILES string of the molecule is Cc1cccc(CNc2ccc(C(=O)NCCCO)cc2)c1. The summed E-state index contributed by atoms with van der Waals surface area (Å²) in [4.78, 5) is 11.8. The van der Waals surface area contributed by atoms with Crippen molar-refractivity contribution in [2.24, 2.45) is 0 Å². The van der Waals surface area contributed by atoms with Crippen LogP contribution in [0.1, 0.15) is 27.9 Å². The van der Waals surface area contributed by atoms with E-state index in [0.717, 1.165) is 12.2 Å². The second-order valence-corrected chi connectivity index (χ2v) is 5.25. The van der Waals surface area contributed by atoms with E-state index in [1.165, 1.54) is 11.1 Å². The zero-order valence-corrected chi connectivity index (χ0v) is 12.8. The van der Waals surface area contributed by atoms with E-state index >= 15 is 0 Å². The van der Waals surface area contributed by atoms with Crippen LogP contribution in [-0.2, 0) is 6.54 Å². The molecule has 0 spiro atoms. The summed E-state index contributed by atoms with van der Waals surface area (Å²) in [6.07, 6.45) is 0.571. The highest BCUT2D eigenvalue weighted by atomic mass is 16.3. The summed E-state index contributed by atoms with van der Waals surface area (Å²) in [7, 11) is 0. The van der Waals surface area contributed by atoms with Crippen molar-refractivity contribution in [1.82, 2.24) is 5.32 Å². The van der Waals surface area contributed by atoms with Gasteiger partial charge in [-0.25, -0.2) is 0 Å². The van der Waals surface area contributed by atoms with E-state index in [2.05, 4.69) is 35.8 Å². The van der Waals surface area contributed by atoms with Gasteiger partial charge in [-0.1, -0.05) is 29.8 Å². The van der Waals surface area contributed by atoms with Gasteiger partial charge in [0, 0.05) is 30.9 Å². The molecule has 4 nitrogen and oxygen atoms in total. The van der Waals surface area contributed by atoms with Crippen LogP contribution in [0.5, 0.6) is 0 Å². The average Bonchev–Trinajstić information content (AvgIpc) is 2.54. The predicted molar refractivity (Wildman–Crippen MR) is 89.0 cm³/mol. The molecule has 4 heteroatoms. The molecule has 0 fully saturated rings. The van der Waals surface area contributed by atoms with Crippen LogP contribution in [0.2, 0.25) is 0 Å². The van der Waals surface area contributed by atoms with Gasteiger partial charge in [-0.2, -0.15) is 0 Å². The Morgan fingerprint density at radius 3 is 2.59 bits per heavy atom. The van der Waals surface area contributed by atoms with Gasteiger partial charge in [0.15, 0.2) is 0 Å². The number of hydrogen-bond acceptors (Lipinski definition) is 3. The van der Waals surface area contributed by atoms with E-state index in [9.17, 15) is 4.79 Å². The minimum absolute atomic E-state index is 0.0854. The number of nitrogens with one attached hydrogen (secondary N) is 2. The summed E-state index contributed by atoms with van der Waals surface area (Å²) >= 11 is 0. The molecule has 0 saturated carbocycles. The fourth-order valence-electron chi connectivity index (χ4n) is 2.15. The summed E-state index contributed by atoms with van der Waals surface area (Å²) in [6.45, 7) is 3.40. The predicted octanol–water partition coefficient (Wildman–Crippen LogP) is 2.72. The van der Waals surface area contributed by atoms with Crippen molar-refractivity contribution in [3.05, 3.63) is 65.2 Å². The summed E-state index contributed by atoms with van der Waals surface area (Å²) in [5, 5.41) is 14.8. The van der Waals surface area contributed by atoms with E-state index < -0.39 is 0 Å². The van der Waals surface area contributed by atoms with Crippen molar-refractivity contribution in [1.29, 1.82) is 0 Å². The number of amides is 1. The molecule has 0 aliphatic rings. The maximum absolute atomic E-state index is 11.8. The van der Waals surface area contributed by atoms with Gasteiger partial charge in [-0.15, -0.1) is 0 Å². The molecule has 2 aromatic rings. The van der Waals surface area contributed by atoms with Crippen LogP contribution < -0.4 is 10.6 Å². The molecular formula is C18H22N2O2. The van der Waals surface area contributed by atoms with Crippen molar-refractivity contribution in [3.63, 3.8) is 0 Å². The zero-order chi connectivity index (χ0) is 15.8. The first-order valence-electron chi connectivity index (χ1n) is 7.47. The number of anilines is 1. The van der Waals surface area contributed by atoms with E-state index in [0.29, 0.717) is 18.5 Å². The first-order valence-corrected chi connectivity index (χ1v) is 7.47. The summed E-state index contributed by atoms with van der Waals surface area (Å²) in [5.74, 6) is -0.112. The van der Waals surface area contributed by atoms with E-state index in [-0.39, 0.29) is 12.5 Å². The minimum Gasteiger partial charge on any atom is -0.396 e. The third-order valence-corrected chi connectivity index (χ3v) is 3.35. The maximum Gasteiger partial charge on any atom is 0.251 e. The molecule has 2 aromatic carbocycles. The molecule has 116 valence electrons. The number of benzene rings is 2. The fraction of sp³-hybridized carbons (Fsp3) is 0.278. The Morgan fingerprint density at radius 2 is 1.91 bits per heavy atom. The molecule has 0 atom stereocenters. The molecule has 0 heterocycles. The van der Waals surface area contributed by atoms with Crippen LogP contribution in [0.25, 0.3) is 0 Å². The molecule has 0 aliphatic heterocycles. The molecule has 22 heavy (non-hydrogen) atoms. The molecule has 0 unspecified atom stereocenters. The Hall–Kier alpha value is -2.33. The Bertz CT molecular complexity index is 609. The second-order valence-electron chi connectivity index (χ2n) is 5.25. The highest BCUT2D eigenvalue weighted by Crippen LogP contribution is 2.12. The standard InChI is InChI=1S/C18H22N2O2/c1-14-4-2-5-15(12-14)13-20-17-8-6-16(7-9-17)18(22)19-10-3-11-21/h2,4-9,12,20-21H,3,10-11,13H2,1H3,(H,19,22). The van der Waals surface area contributed by atoms with Crippen molar-refractivity contribution < 1.29 is 9.90 Å². The summed E-state index contributed by atoms with van der Waals surface area (Å²) in [6, 6.07) is 15.8. The van der Waals surface area contributed by atoms with Crippen molar-refractivity contribution in [2.45, 2.75) is 19.9 Å². The number of hydrogen-bond donors (Lipinski definition) is 3. The Balaban J connectivity index is 1.87. The van der Waals surface area contributed by atoms with Gasteiger partial charge >= 0.3 is 0 Å². The number of aliphatic hydroxyl groups excluding tert-OH is 1. The van der Waals surface area contributed by atoms with Crippen LogP contribution in [0, 0.1) is 6.92 Å². The van der Waals surface area contributed by atoms with Gasteiger partial charge in [0.25, 0.3) is 5.91 Å². The lowest BCUT2D eigenvalue weighted by atomic mass is 10.1. The lowest BCUT2D eigenvalue weighted by molar-refractivity contribution is 0.0951. The highest BCUT2D eigenvalue weighted by Gasteiger charge is 2.04. The molecule has 1 amide bonds. The minimum atomic E-state index is -0.112. The quantitative estimate of drug-likeness (QED) is 0.689. The van der Waals surface area contributed by atoms with Crippen molar-refractivity contribution in [3.8, 4) is 0 Å². The zero-order valence-electron chi connectivity index (χ0n) is 12.8. The first kappa shape index (κ1) is 16.0. The summed E-state index contributed by atoms with van der Waals surface area (Å²) < 4.78 is 0. The van der Waals surface area contributed by atoms with Crippen LogP contribution in [0.4, 0.5) is 5.69 Å². The molecule has 3 N–H and O–H groups in total. The van der Waals surface area contributed by atoms with Crippen molar-refractivity contribution >= 4 is 11.6 Å². The lowest BCUT2D eigenvalue weighted by Gasteiger charge is -2.09. The van der Waals surface area contributed by atoms with Crippen LogP contribution in [0.15, 0.2) is 48.5 Å². The smallest absolute Gasteiger partial charge is 0.251 e. The van der Waals surface area contributed by atoms with E-state index in [1.54, 1.807) is 12.1 Å². The van der Waals surface area contributed by atoms with E-state index in [1.807, 2.05) is 18.2 Å². The van der Waals surface area contributed by atoms with Gasteiger partial charge in [-0.3, -0.25) is 4.79 Å². The second kappa shape index (κ2) is 8.20. The third kappa shape index (κ3) is 4.90. The molecule has 0 radical (unpaired) electrons. The number of carbonyl (C=O) groups is 1. The number of rotatable bonds is 7. The number of aryl methyl sites for hydroxylation is 1. The molecule has 0 bridgehead atoms. The molecule has 0 saturated heterocycles. The van der Waals surface area contributed by atoms with Gasteiger partial charge < -0.3 is 15.7 Å². The highest BCUT2D eigenvalue weighted by molar-refractivity contribution is 5.94. The number of aliphatic hydroxyl groups is 1. The topological polar surface area (TPSA) is 61.4 Å². The van der Waals surface area contributed by atoms with E-state index in [4.69, 9.17) is 5.11 Å². The normalized spacial score (nSPS) is 10.3. The Morgan fingerprint density at radius 1 is 1.14 bits per heavy atom. The molecule has 2 rings (SSSR count). The molecule has 0 aliphatic carbocycles. The number of carbonyl (C=O) groups excluding carboxylic acids is 1. The lowest BCUT2D eigenvalue weighted by Crippen LogP contribution is -2.24.